The summed E-state index contributed by atoms with van der Waals surface area (Å²) in [5, 5.41) is 5.49. The zero-order valence-electron chi connectivity index (χ0n) is 25.1. The fourth-order valence-electron chi connectivity index (χ4n) is 6.72. The Morgan fingerprint density at radius 2 is 1.75 bits per heavy atom. The number of benzene rings is 2. The minimum Gasteiger partial charge on any atom is -0.496 e. The fraction of sp³-hybridized carbons (Fsp3) is 0.469. The van der Waals surface area contributed by atoms with Crippen LogP contribution >= 0.6 is 0 Å². The Kier molecular flexibility index (Phi) is 9.80. The molecule has 12 heteroatoms. The van der Waals surface area contributed by atoms with Gasteiger partial charge in [0.2, 0.25) is 0 Å². The van der Waals surface area contributed by atoms with E-state index in [2.05, 4.69) is 21.6 Å². The van der Waals surface area contributed by atoms with Crippen LogP contribution in [0.3, 0.4) is 0 Å². The molecular formula is C32H38F2N4O6. The Morgan fingerprint density at radius 3 is 2.43 bits per heavy atom. The van der Waals surface area contributed by atoms with Gasteiger partial charge in [-0.15, -0.1) is 0 Å². The van der Waals surface area contributed by atoms with Gasteiger partial charge in [-0.05, 0) is 67.3 Å². The third-order valence-electron chi connectivity index (χ3n) is 8.84. The number of esters is 1. The summed E-state index contributed by atoms with van der Waals surface area (Å²) < 4.78 is 43.9. The summed E-state index contributed by atoms with van der Waals surface area (Å²) >= 11 is 0. The van der Waals surface area contributed by atoms with Gasteiger partial charge in [0.05, 0.1) is 32.1 Å². The normalized spacial score (nSPS) is 24.2. The number of ether oxygens (including phenoxy) is 3. The number of amides is 4. The second-order valence-corrected chi connectivity index (χ2v) is 11.4. The monoisotopic (exact) mass is 612 g/mol. The predicted molar refractivity (Wildman–Crippen MR) is 157 cm³/mol. The maximum absolute atomic E-state index is 14.4. The second kappa shape index (κ2) is 13.7. The van der Waals surface area contributed by atoms with E-state index in [1.54, 1.807) is 7.11 Å². The molecule has 0 spiro atoms. The molecule has 2 heterocycles. The number of nitrogens with one attached hydrogen (secondary N) is 2. The Bertz CT molecular complexity index is 1430. The number of hydrogen-bond acceptors (Lipinski definition) is 7. The first-order valence-electron chi connectivity index (χ1n) is 14.8. The molecule has 2 aliphatic heterocycles. The van der Waals surface area contributed by atoms with Gasteiger partial charge in [-0.2, -0.15) is 0 Å². The van der Waals surface area contributed by atoms with E-state index < -0.39 is 35.7 Å². The SMILES string of the molecule is COCC1=C(C(=O)OC)C(c2ccc(F)c(F)c2)N(C(=O)N[C@@H]2CCN([C@H]3CC[C@H](c4ccccc4OC)CC3)C2)C(=O)N1. The van der Waals surface area contributed by atoms with E-state index in [1.165, 1.54) is 18.7 Å². The molecule has 1 saturated carbocycles. The lowest BCUT2D eigenvalue weighted by Gasteiger charge is -2.37. The van der Waals surface area contributed by atoms with Crippen molar-refractivity contribution < 1.29 is 37.4 Å². The first kappa shape index (κ1) is 31.4. The van der Waals surface area contributed by atoms with Crippen molar-refractivity contribution in [3.63, 3.8) is 0 Å². The number of carbonyl (C=O) groups excluding carboxylic acids is 3. The highest BCUT2D eigenvalue weighted by Gasteiger charge is 2.44. The summed E-state index contributed by atoms with van der Waals surface area (Å²) in [6.07, 6.45) is 4.79. The first-order valence-corrected chi connectivity index (χ1v) is 14.8. The summed E-state index contributed by atoms with van der Waals surface area (Å²) in [5.41, 5.74) is 1.22. The Labute approximate surface area is 255 Å². The summed E-state index contributed by atoms with van der Waals surface area (Å²) in [6.45, 7) is 1.22. The van der Waals surface area contributed by atoms with Crippen LogP contribution in [0.2, 0.25) is 0 Å². The number of nitrogens with zero attached hydrogens (tertiary/aromatic N) is 2. The molecular weight excluding hydrogens is 574 g/mol. The molecule has 3 aliphatic rings. The fourth-order valence-corrected chi connectivity index (χ4v) is 6.72. The summed E-state index contributed by atoms with van der Waals surface area (Å²) in [6, 6.07) is 8.29. The molecule has 1 saturated heterocycles. The van der Waals surface area contributed by atoms with Crippen molar-refractivity contribution in [2.24, 2.45) is 0 Å². The molecule has 236 valence electrons. The molecule has 2 N–H and O–H groups in total. The largest absolute Gasteiger partial charge is 0.496 e. The number of methoxy groups -OCH3 is 3. The number of likely N-dealkylation sites (tertiary alicyclic amines) is 1. The highest BCUT2D eigenvalue weighted by atomic mass is 19.2. The van der Waals surface area contributed by atoms with Crippen molar-refractivity contribution in [2.75, 3.05) is 41.0 Å². The van der Waals surface area contributed by atoms with E-state index in [0.717, 1.165) is 62.1 Å². The topological polar surface area (TPSA) is 109 Å². The minimum atomic E-state index is -1.38. The van der Waals surface area contributed by atoms with Gasteiger partial charge >= 0.3 is 18.0 Å². The first-order chi connectivity index (χ1) is 21.2. The zero-order valence-corrected chi connectivity index (χ0v) is 25.1. The van der Waals surface area contributed by atoms with Crippen molar-refractivity contribution in [2.45, 2.75) is 56.1 Å². The van der Waals surface area contributed by atoms with Crippen molar-refractivity contribution in [3.8, 4) is 5.75 Å². The van der Waals surface area contributed by atoms with Gasteiger partial charge in [-0.1, -0.05) is 24.3 Å². The molecule has 10 nitrogen and oxygen atoms in total. The molecule has 0 radical (unpaired) electrons. The number of hydrogen-bond donors (Lipinski definition) is 2. The molecule has 1 aliphatic carbocycles. The maximum Gasteiger partial charge on any atom is 0.338 e. The Balaban J connectivity index is 1.30. The van der Waals surface area contributed by atoms with Crippen LogP contribution in [-0.4, -0.2) is 80.9 Å². The lowest BCUT2D eigenvalue weighted by Crippen LogP contribution is -2.56. The number of para-hydroxylation sites is 1. The molecule has 2 fully saturated rings. The molecule has 44 heavy (non-hydrogen) atoms. The Hall–Kier alpha value is -4.03. The standard InChI is InChI=1S/C32H38F2N4O6/c1-42-18-26-28(30(39)44-3)29(20-10-13-24(33)25(34)16-20)38(32(41)36-26)31(40)35-21-14-15-37(17-21)22-11-8-19(9-12-22)23-6-4-5-7-27(23)43-2/h4-7,10,13,16,19,21-22,29H,8-9,11-12,14-15,17-18H2,1-3H3,(H,35,40)(H,36,41)/t19-,21-,22-,29?/m1/s1. The molecule has 2 aromatic rings. The number of halogens is 2. The third-order valence-corrected chi connectivity index (χ3v) is 8.84. The lowest BCUT2D eigenvalue weighted by atomic mass is 9.81. The number of imide groups is 1. The van der Waals surface area contributed by atoms with Crippen LogP contribution < -0.4 is 15.4 Å². The van der Waals surface area contributed by atoms with Gasteiger partial charge in [0, 0.05) is 32.3 Å². The van der Waals surface area contributed by atoms with Gasteiger partial charge < -0.3 is 24.8 Å². The zero-order chi connectivity index (χ0) is 31.4. The van der Waals surface area contributed by atoms with Gasteiger partial charge in [-0.25, -0.2) is 28.1 Å². The van der Waals surface area contributed by atoms with Crippen molar-refractivity contribution in [1.82, 2.24) is 20.4 Å². The molecule has 1 unspecified atom stereocenters. The van der Waals surface area contributed by atoms with Crippen molar-refractivity contribution in [1.29, 1.82) is 0 Å². The summed E-state index contributed by atoms with van der Waals surface area (Å²) in [5.74, 6) is -1.78. The van der Waals surface area contributed by atoms with Crippen LogP contribution in [0.1, 0.15) is 55.2 Å². The van der Waals surface area contributed by atoms with E-state index in [1.807, 2.05) is 18.2 Å². The van der Waals surface area contributed by atoms with Gasteiger partial charge in [0.1, 0.15) is 11.8 Å². The minimum absolute atomic E-state index is 0.0303. The van der Waals surface area contributed by atoms with Gasteiger partial charge in [0.25, 0.3) is 0 Å². The van der Waals surface area contributed by atoms with Crippen LogP contribution in [0.25, 0.3) is 0 Å². The number of urea groups is 2. The van der Waals surface area contributed by atoms with Crippen LogP contribution in [0.5, 0.6) is 5.75 Å². The molecule has 4 amide bonds. The highest BCUT2D eigenvalue weighted by molar-refractivity contribution is 6.01. The van der Waals surface area contributed by atoms with Crippen molar-refractivity contribution in [3.05, 3.63) is 76.5 Å². The quantitative estimate of drug-likeness (QED) is 0.419. The second-order valence-electron chi connectivity index (χ2n) is 11.4. The molecule has 0 bridgehead atoms. The van der Waals surface area contributed by atoms with Gasteiger partial charge in [0.15, 0.2) is 11.6 Å². The highest BCUT2D eigenvalue weighted by Crippen LogP contribution is 2.40. The van der Waals surface area contributed by atoms with E-state index in [4.69, 9.17) is 14.2 Å². The molecule has 2 atom stereocenters. The molecule has 5 rings (SSSR count). The average Bonchev–Trinajstić information content (AvgIpc) is 3.50. The summed E-state index contributed by atoms with van der Waals surface area (Å²) in [4.78, 5) is 43.2. The number of carbonyl (C=O) groups is 3. The number of rotatable bonds is 8. The van der Waals surface area contributed by atoms with E-state index in [9.17, 15) is 23.2 Å². The van der Waals surface area contributed by atoms with E-state index >= 15 is 0 Å². The molecule has 2 aromatic carbocycles. The van der Waals surface area contributed by atoms with E-state index in [0.29, 0.717) is 24.9 Å². The van der Waals surface area contributed by atoms with Crippen molar-refractivity contribution >= 4 is 18.0 Å². The Morgan fingerprint density at radius 1 is 1.00 bits per heavy atom. The van der Waals surface area contributed by atoms with Crippen LogP contribution in [-0.2, 0) is 14.3 Å². The predicted octanol–water partition coefficient (Wildman–Crippen LogP) is 4.62. The van der Waals surface area contributed by atoms with Gasteiger partial charge in [-0.3, -0.25) is 4.90 Å². The molecule has 0 aromatic heterocycles. The maximum atomic E-state index is 14.4. The third kappa shape index (κ3) is 6.41. The average molecular weight is 613 g/mol. The van der Waals surface area contributed by atoms with Crippen LogP contribution in [0.15, 0.2) is 53.7 Å². The lowest BCUT2D eigenvalue weighted by molar-refractivity contribution is -0.137. The smallest absolute Gasteiger partial charge is 0.338 e. The van der Waals surface area contributed by atoms with Crippen LogP contribution in [0.4, 0.5) is 18.4 Å². The van der Waals surface area contributed by atoms with Crippen LogP contribution in [0, 0.1) is 11.6 Å². The summed E-state index contributed by atoms with van der Waals surface area (Å²) in [7, 11) is 4.22. The van der Waals surface area contributed by atoms with E-state index in [-0.39, 0.29) is 29.5 Å².